The van der Waals surface area contributed by atoms with Gasteiger partial charge in [0.2, 0.25) is 5.91 Å². The molecule has 1 atom stereocenters. The summed E-state index contributed by atoms with van der Waals surface area (Å²) in [5.41, 5.74) is 11.7. The van der Waals surface area contributed by atoms with Crippen LogP contribution in [0, 0.1) is 5.82 Å². The molecule has 7 heteroatoms. The maximum Gasteiger partial charge on any atom is 0.220 e. The summed E-state index contributed by atoms with van der Waals surface area (Å²) in [5.74, 6) is -0.664. The van der Waals surface area contributed by atoms with E-state index in [2.05, 4.69) is 10.6 Å². The number of halogens is 2. The molecule has 1 aliphatic heterocycles. The lowest BCUT2D eigenvalue weighted by molar-refractivity contribution is -0.122. The van der Waals surface area contributed by atoms with Crippen molar-refractivity contribution in [2.24, 2.45) is 0 Å². The number of hydrogen-bond acceptors (Lipinski definition) is 4. The van der Waals surface area contributed by atoms with Gasteiger partial charge in [-0.25, -0.2) is 4.39 Å². The lowest BCUT2D eigenvalue weighted by Gasteiger charge is -2.25. The smallest absolute Gasteiger partial charge is 0.220 e. The van der Waals surface area contributed by atoms with Crippen molar-refractivity contribution in [1.29, 1.82) is 0 Å². The lowest BCUT2D eigenvalue weighted by Crippen LogP contribution is -2.42. The second-order valence-corrected chi connectivity index (χ2v) is 4.62. The Bertz CT molecular complexity index is 484. The van der Waals surface area contributed by atoms with E-state index >= 15 is 0 Å². The van der Waals surface area contributed by atoms with Crippen molar-refractivity contribution < 1.29 is 9.18 Å². The maximum absolute atomic E-state index is 13.9. The van der Waals surface area contributed by atoms with E-state index in [1.807, 2.05) is 0 Å². The van der Waals surface area contributed by atoms with E-state index in [-0.39, 0.29) is 34.0 Å². The largest absolute Gasteiger partial charge is 0.397 e. The zero-order valence-electron chi connectivity index (χ0n) is 9.59. The fourth-order valence-electron chi connectivity index (χ4n) is 1.87. The van der Waals surface area contributed by atoms with Gasteiger partial charge in [0.1, 0.15) is 5.02 Å². The molecule has 98 valence electrons. The van der Waals surface area contributed by atoms with Crippen LogP contribution in [0.5, 0.6) is 0 Å². The van der Waals surface area contributed by atoms with E-state index in [0.29, 0.717) is 19.4 Å². The molecule has 1 aliphatic rings. The number of nitrogens with two attached hydrogens (primary N) is 2. The molecule has 0 spiro atoms. The van der Waals surface area contributed by atoms with Crippen LogP contribution in [-0.4, -0.2) is 18.5 Å². The Morgan fingerprint density at radius 3 is 2.78 bits per heavy atom. The third-order valence-electron chi connectivity index (χ3n) is 2.88. The van der Waals surface area contributed by atoms with Gasteiger partial charge in [-0.2, -0.15) is 0 Å². The molecule has 0 aromatic heterocycles. The number of hydrogen-bond donors (Lipinski definition) is 4. The molecular formula is C11H14ClFN4O. The second-order valence-electron chi connectivity index (χ2n) is 4.24. The lowest BCUT2D eigenvalue weighted by atomic mass is 10.1. The summed E-state index contributed by atoms with van der Waals surface area (Å²) in [6.45, 7) is 0.430. The zero-order chi connectivity index (χ0) is 13.3. The molecule has 0 bridgehead atoms. The van der Waals surface area contributed by atoms with Crippen LogP contribution in [0.2, 0.25) is 5.02 Å². The number of amides is 1. The third kappa shape index (κ3) is 2.43. The van der Waals surface area contributed by atoms with Crippen LogP contribution < -0.4 is 22.1 Å². The Balaban J connectivity index is 2.19. The highest BCUT2D eigenvalue weighted by molar-refractivity contribution is 6.33. The summed E-state index contributed by atoms with van der Waals surface area (Å²) in [6, 6.07) is 1.34. The number of benzene rings is 1. The molecule has 18 heavy (non-hydrogen) atoms. The van der Waals surface area contributed by atoms with Crippen LogP contribution in [0.4, 0.5) is 21.5 Å². The summed E-state index contributed by atoms with van der Waals surface area (Å²) < 4.78 is 13.9. The Morgan fingerprint density at radius 1 is 1.44 bits per heavy atom. The van der Waals surface area contributed by atoms with E-state index in [9.17, 15) is 9.18 Å². The maximum atomic E-state index is 13.9. The molecular weight excluding hydrogens is 259 g/mol. The van der Waals surface area contributed by atoms with Gasteiger partial charge in [-0.15, -0.1) is 0 Å². The molecule has 0 aliphatic carbocycles. The summed E-state index contributed by atoms with van der Waals surface area (Å²) in [6.07, 6.45) is 1.02. The number of rotatable bonds is 2. The minimum atomic E-state index is -0.661. The normalized spacial score (nSPS) is 19.4. The Morgan fingerprint density at radius 2 is 2.17 bits per heavy atom. The first-order valence-corrected chi connectivity index (χ1v) is 5.93. The van der Waals surface area contributed by atoms with Crippen LogP contribution in [0.25, 0.3) is 0 Å². The number of carbonyl (C=O) groups is 1. The van der Waals surface area contributed by atoms with Gasteiger partial charge in [-0.1, -0.05) is 11.6 Å². The van der Waals surface area contributed by atoms with Gasteiger partial charge in [0.15, 0.2) is 5.82 Å². The molecule has 1 aromatic rings. The quantitative estimate of drug-likeness (QED) is 0.611. The Kier molecular flexibility index (Phi) is 3.47. The average molecular weight is 273 g/mol. The van der Waals surface area contributed by atoms with Gasteiger partial charge in [0, 0.05) is 19.0 Å². The average Bonchev–Trinajstić information content (AvgIpc) is 2.34. The van der Waals surface area contributed by atoms with E-state index in [4.69, 9.17) is 23.1 Å². The van der Waals surface area contributed by atoms with Gasteiger partial charge >= 0.3 is 0 Å². The van der Waals surface area contributed by atoms with Crippen molar-refractivity contribution in [3.63, 3.8) is 0 Å². The fourth-order valence-corrected chi connectivity index (χ4v) is 2.02. The molecule has 1 amide bonds. The van der Waals surface area contributed by atoms with Gasteiger partial charge < -0.3 is 22.1 Å². The molecule has 0 saturated carbocycles. The van der Waals surface area contributed by atoms with Crippen molar-refractivity contribution >= 4 is 34.6 Å². The Hall–Kier alpha value is -1.69. The summed E-state index contributed by atoms with van der Waals surface area (Å²) in [4.78, 5) is 11.0. The van der Waals surface area contributed by atoms with E-state index in [0.717, 1.165) is 0 Å². The number of nitrogen functional groups attached to an aromatic ring is 2. The molecule has 2 rings (SSSR count). The zero-order valence-corrected chi connectivity index (χ0v) is 10.4. The molecule has 1 fully saturated rings. The van der Waals surface area contributed by atoms with Crippen molar-refractivity contribution in [3.05, 3.63) is 16.9 Å². The summed E-state index contributed by atoms with van der Waals surface area (Å²) in [5, 5.41) is 5.50. The van der Waals surface area contributed by atoms with Crippen LogP contribution in [0.15, 0.2) is 6.07 Å². The van der Waals surface area contributed by atoms with Crippen LogP contribution in [0.1, 0.15) is 12.8 Å². The standard InChI is InChI=1S/C11H14ClFN4O/c12-9-6(14)3-7(15)11(10(9)13)17-5-1-2-8(18)16-4-5/h3,5,17H,1-2,4,14-15H2,(H,16,18). The molecule has 5 nitrogen and oxygen atoms in total. The minimum absolute atomic E-state index is 0.00293. The first kappa shape index (κ1) is 12.8. The predicted octanol–water partition coefficient (Wildman–Crippen LogP) is 1.33. The molecule has 6 N–H and O–H groups in total. The topological polar surface area (TPSA) is 93.2 Å². The highest BCUT2D eigenvalue weighted by atomic mass is 35.5. The van der Waals surface area contributed by atoms with E-state index < -0.39 is 5.82 Å². The molecule has 0 radical (unpaired) electrons. The minimum Gasteiger partial charge on any atom is -0.397 e. The van der Waals surface area contributed by atoms with Crippen molar-refractivity contribution in [2.45, 2.75) is 18.9 Å². The van der Waals surface area contributed by atoms with Gasteiger partial charge in [0.05, 0.1) is 17.1 Å². The third-order valence-corrected chi connectivity index (χ3v) is 3.26. The fraction of sp³-hybridized carbons (Fsp3) is 0.364. The van der Waals surface area contributed by atoms with Gasteiger partial charge in [-0.3, -0.25) is 4.79 Å². The first-order chi connectivity index (χ1) is 8.49. The highest BCUT2D eigenvalue weighted by Gasteiger charge is 2.21. The molecule has 1 aromatic carbocycles. The van der Waals surface area contributed by atoms with Crippen LogP contribution >= 0.6 is 11.6 Å². The summed E-state index contributed by atoms with van der Waals surface area (Å²) in [7, 11) is 0. The summed E-state index contributed by atoms with van der Waals surface area (Å²) >= 11 is 5.73. The van der Waals surface area contributed by atoms with Gasteiger partial charge in [0.25, 0.3) is 0 Å². The first-order valence-electron chi connectivity index (χ1n) is 5.55. The van der Waals surface area contributed by atoms with Crippen molar-refractivity contribution in [2.75, 3.05) is 23.3 Å². The molecule has 1 heterocycles. The predicted molar refractivity (Wildman–Crippen MR) is 69.9 cm³/mol. The second kappa shape index (κ2) is 4.89. The van der Waals surface area contributed by atoms with E-state index in [1.54, 1.807) is 0 Å². The van der Waals surface area contributed by atoms with Crippen molar-refractivity contribution in [1.82, 2.24) is 5.32 Å². The number of piperidine rings is 1. The monoisotopic (exact) mass is 272 g/mol. The van der Waals surface area contributed by atoms with Gasteiger partial charge in [-0.05, 0) is 12.5 Å². The molecule has 1 saturated heterocycles. The Labute approximate surface area is 109 Å². The number of nitrogens with one attached hydrogen (secondary N) is 2. The molecule has 1 unspecified atom stereocenters. The van der Waals surface area contributed by atoms with Crippen LogP contribution in [0.3, 0.4) is 0 Å². The highest BCUT2D eigenvalue weighted by Crippen LogP contribution is 2.34. The van der Waals surface area contributed by atoms with Crippen molar-refractivity contribution in [3.8, 4) is 0 Å². The SMILES string of the molecule is Nc1cc(N)c(NC2CCC(=O)NC2)c(F)c1Cl. The number of carbonyl (C=O) groups excluding carboxylic acids is 1. The van der Waals surface area contributed by atoms with Crippen LogP contribution in [-0.2, 0) is 4.79 Å². The van der Waals surface area contributed by atoms with E-state index in [1.165, 1.54) is 6.07 Å². The number of anilines is 3.